The Morgan fingerprint density at radius 1 is 1.00 bits per heavy atom. The Bertz CT molecular complexity index is 356. The van der Waals surface area contributed by atoms with Crippen molar-refractivity contribution in [2.45, 2.75) is 12.5 Å². The van der Waals surface area contributed by atoms with Crippen molar-refractivity contribution in [3.63, 3.8) is 0 Å². The number of hydrogen-bond donors (Lipinski definition) is 0. The first-order valence-electron chi connectivity index (χ1n) is 6.18. The number of quaternary nitrogens is 1. The van der Waals surface area contributed by atoms with Gasteiger partial charge >= 0.3 is 0 Å². The summed E-state index contributed by atoms with van der Waals surface area (Å²) in [5.74, 6) is -1.23. The van der Waals surface area contributed by atoms with Crippen LogP contribution in [-0.2, 0) is 4.79 Å². The Kier molecular flexibility index (Phi) is 7.46. The molecule has 0 N–H and O–H groups in total. The SMILES string of the molecule is C=CCC(C(=C)C(=O)[O-])[N+](CC=C)(CC=C)CC=C. The fraction of sp³-hybridized carbons (Fsp3) is 0.312. The number of carbonyl (C=O) groups is 1. The molecule has 0 bridgehead atoms. The molecular formula is C16H23NO2. The summed E-state index contributed by atoms with van der Waals surface area (Å²) in [6.45, 7) is 20.4. The maximum Gasteiger partial charge on any atom is 0.120 e. The first-order valence-corrected chi connectivity index (χ1v) is 6.18. The molecule has 0 saturated heterocycles. The molecule has 0 rings (SSSR count). The van der Waals surface area contributed by atoms with Crippen LogP contribution in [0.25, 0.3) is 0 Å². The summed E-state index contributed by atoms with van der Waals surface area (Å²) in [6.07, 6.45) is 7.51. The van der Waals surface area contributed by atoms with Crippen molar-refractivity contribution >= 4 is 5.97 Å². The van der Waals surface area contributed by atoms with Crippen molar-refractivity contribution in [2.75, 3.05) is 19.6 Å². The third-order valence-electron chi connectivity index (χ3n) is 3.19. The van der Waals surface area contributed by atoms with Gasteiger partial charge in [-0.05, 0) is 18.2 Å². The minimum atomic E-state index is -1.23. The van der Waals surface area contributed by atoms with Crippen molar-refractivity contribution in [2.24, 2.45) is 0 Å². The van der Waals surface area contributed by atoms with Crippen LogP contribution in [0.4, 0.5) is 0 Å². The lowest BCUT2D eigenvalue weighted by Gasteiger charge is -2.44. The maximum absolute atomic E-state index is 11.1. The molecular weight excluding hydrogens is 238 g/mol. The zero-order valence-electron chi connectivity index (χ0n) is 11.5. The lowest BCUT2D eigenvalue weighted by molar-refractivity contribution is -0.930. The van der Waals surface area contributed by atoms with Crippen LogP contribution in [0.1, 0.15) is 6.42 Å². The Morgan fingerprint density at radius 3 is 1.68 bits per heavy atom. The summed E-state index contributed by atoms with van der Waals surface area (Å²) < 4.78 is 0.440. The minimum absolute atomic E-state index is 0.0745. The molecule has 0 fully saturated rings. The summed E-state index contributed by atoms with van der Waals surface area (Å²) in [5.41, 5.74) is 0.0745. The van der Waals surface area contributed by atoms with Gasteiger partial charge in [-0.3, -0.25) is 0 Å². The third-order valence-corrected chi connectivity index (χ3v) is 3.19. The predicted molar refractivity (Wildman–Crippen MR) is 78.2 cm³/mol. The fourth-order valence-electron chi connectivity index (χ4n) is 2.37. The van der Waals surface area contributed by atoms with E-state index in [1.54, 1.807) is 24.3 Å². The highest BCUT2D eigenvalue weighted by molar-refractivity contribution is 5.85. The van der Waals surface area contributed by atoms with Gasteiger partial charge in [0.15, 0.2) is 0 Å². The number of carboxylic acid groups (broad SMARTS) is 1. The molecule has 0 saturated carbocycles. The van der Waals surface area contributed by atoms with Crippen LogP contribution in [0.5, 0.6) is 0 Å². The van der Waals surface area contributed by atoms with E-state index in [1.807, 2.05) is 0 Å². The second-order valence-electron chi connectivity index (χ2n) is 4.49. The van der Waals surface area contributed by atoms with E-state index in [2.05, 4.69) is 32.9 Å². The van der Waals surface area contributed by atoms with Crippen LogP contribution < -0.4 is 5.11 Å². The highest BCUT2D eigenvalue weighted by Crippen LogP contribution is 2.23. The number of nitrogens with zero attached hydrogens (tertiary/aromatic N) is 1. The highest BCUT2D eigenvalue weighted by Gasteiger charge is 2.35. The molecule has 0 radical (unpaired) electrons. The molecule has 0 heterocycles. The molecule has 0 amide bonds. The zero-order valence-corrected chi connectivity index (χ0v) is 11.5. The van der Waals surface area contributed by atoms with Gasteiger partial charge in [0.25, 0.3) is 0 Å². The van der Waals surface area contributed by atoms with Gasteiger partial charge < -0.3 is 14.4 Å². The number of carboxylic acids is 1. The van der Waals surface area contributed by atoms with Crippen LogP contribution in [-0.4, -0.2) is 36.1 Å². The van der Waals surface area contributed by atoms with Crippen molar-refractivity contribution < 1.29 is 14.4 Å². The van der Waals surface area contributed by atoms with Gasteiger partial charge in [-0.2, -0.15) is 0 Å². The standard InChI is InChI=1S/C16H23NO2/c1-6-10-15(14(5)16(18)19)17(11-7-2,12-8-3)13-9-4/h6-9,15H,1-5,10-13H2. The van der Waals surface area contributed by atoms with Crippen molar-refractivity contribution in [1.82, 2.24) is 0 Å². The van der Waals surface area contributed by atoms with E-state index in [9.17, 15) is 9.90 Å². The lowest BCUT2D eigenvalue weighted by atomic mass is 9.99. The van der Waals surface area contributed by atoms with Crippen molar-refractivity contribution in [3.05, 3.63) is 62.8 Å². The normalized spacial score (nSPS) is 12.2. The molecule has 0 aliphatic carbocycles. The monoisotopic (exact) mass is 261 g/mol. The molecule has 3 heteroatoms. The minimum Gasteiger partial charge on any atom is -0.545 e. The molecule has 0 aromatic carbocycles. The van der Waals surface area contributed by atoms with Gasteiger partial charge in [0, 0.05) is 12.0 Å². The number of rotatable bonds is 11. The van der Waals surface area contributed by atoms with Gasteiger partial charge in [0.1, 0.15) is 6.04 Å². The van der Waals surface area contributed by atoms with E-state index >= 15 is 0 Å². The molecule has 0 aliphatic heterocycles. The topological polar surface area (TPSA) is 40.1 Å². The average molecular weight is 261 g/mol. The van der Waals surface area contributed by atoms with Gasteiger partial charge in [0.2, 0.25) is 0 Å². The Hall–Kier alpha value is -1.87. The third kappa shape index (κ3) is 4.38. The van der Waals surface area contributed by atoms with Crippen LogP contribution in [0.2, 0.25) is 0 Å². The van der Waals surface area contributed by atoms with Gasteiger partial charge in [-0.25, -0.2) is 0 Å². The summed E-state index contributed by atoms with van der Waals surface area (Å²) in [5, 5.41) is 11.1. The lowest BCUT2D eigenvalue weighted by Crippen LogP contribution is -2.58. The highest BCUT2D eigenvalue weighted by atomic mass is 16.4. The average Bonchev–Trinajstić information content (AvgIpc) is 2.35. The quantitative estimate of drug-likeness (QED) is 0.322. The van der Waals surface area contributed by atoms with Crippen molar-refractivity contribution in [3.8, 4) is 0 Å². The van der Waals surface area contributed by atoms with Crippen LogP contribution in [0.3, 0.4) is 0 Å². The second kappa shape index (κ2) is 8.27. The van der Waals surface area contributed by atoms with Gasteiger partial charge in [-0.1, -0.05) is 32.4 Å². The summed E-state index contributed by atoms with van der Waals surface area (Å²) in [4.78, 5) is 11.1. The first kappa shape index (κ1) is 17.1. The van der Waals surface area contributed by atoms with E-state index in [0.717, 1.165) is 0 Å². The fourth-order valence-corrected chi connectivity index (χ4v) is 2.37. The number of hydrogen-bond acceptors (Lipinski definition) is 2. The Labute approximate surface area is 116 Å². The number of carbonyl (C=O) groups excluding carboxylic acids is 1. The van der Waals surface area contributed by atoms with E-state index < -0.39 is 5.97 Å². The second-order valence-corrected chi connectivity index (χ2v) is 4.49. The first-order chi connectivity index (χ1) is 8.98. The molecule has 0 spiro atoms. The summed E-state index contributed by atoms with van der Waals surface area (Å²) in [6, 6.07) is -0.323. The van der Waals surface area contributed by atoms with E-state index in [-0.39, 0.29) is 11.6 Å². The molecule has 1 unspecified atom stereocenters. The summed E-state index contributed by atoms with van der Waals surface area (Å²) in [7, 11) is 0. The molecule has 0 aliphatic rings. The van der Waals surface area contributed by atoms with Crippen LogP contribution in [0, 0.1) is 0 Å². The number of aliphatic carboxylic acids is 1. The maximum atomic E-state index is 11.1. The van der Waals surface area contributed by atoms with E-state index in [1.165, 1.54) is 0 Å². The Morgan fingerprint density at radius 2 is 1.42 bits per heavy atom. The van der Waals surface area contributed by atoms with Crippen LogP contribution in [0.15, 0.2) is 62.8 Å². The smallest absolute Gasteiger partial charge is 0.120 e. The zero-order chi connectivity index (χ0) is 14.9. The van der Waals surface area contributed by atoms with Gasteiger partial charge in [0.05, 0.1) is 25.6 Å². The van der Waals surface area contributed by atoms with E-state index in [4.69, 9.17) is 0 Å². The molecule has 3 nitrogen and oxygen atoms in total. The summed E-state index contributed by atoms with van der Waals surface area (Å²) >= 11 is 0. The molecule has 0 aromatic heterocycles. The van der Waals surface area contributed by atoms with Crippen LogP contribution >= 0.6 is 0 Å². The molecule has 19 heavy (non-hydrogen) atoms. The molecule has 104 valence electrons. The molecule has 0 aromatic rings. The van der Waals surface area contributed by atoms with Gasteiger partial charge in [-0.15, -0.1) is 6.58 Å². The largest absolute Gasteiger partial charge is 0.545 e. The Balaban J connectivity index is 5.66. The van der Waals surface area contributed by atoms with Crippen molar-refractivity contribution in [1.29, 1.82) is 0 Å². The molecule has 1 atom stereocenters. The van der Waals surface area contributed by atoms with E-state index in [0.29, 0.717) is 30.5 Å². The predicted octanol–water partition coefficient (Wildman–Crippen LogP) is 1.61.